The quantitative estimate of drug-likeness (QED) is 0.737. The molecule has 7 nitrogen and oxygen atoms in total. The molecule has 1 aromatic carbocycles. The summed E-state index contributed by atoms with van der Waals surface area (Å²) in [6, 6.07) is 8.26. The van der Waals surface area contributed by atoms with Gasteiger partial charge in [0.1, 0.15) is 29.5 Å². The molecule has 166 valence electrons. The van der Waals surface area contributed by atoms with E-state index in [4.69, 9.17) is 9.47 Å². The van der Waals surface area contributed by atoms with E-state index in [-0.39, 0.29) is 23.0 Å². The number of amides is 1. The highest BCUT2D eigenvalue weighted by molar-refractivity contribution is 5.83. The molecular weight excluding hydrogens is 392 g/mol. The van der Waals surface area contributed by atoms with E-state index in [1.54, 1.807) is 11.0 Å². The lowest BCUT2D eigenvalue weighted by molar-refractivity contribution is -0.177. The number of hydrogen-bond acceptors (Lipinski definition) is 5. The summed E-state index contributed by atoms with van der Waals surface area (Å²) < 4.78 is 14.6. The summed E-state index contributed by atoms with van der Waals surface area (Å²) in [5, 5.41) is 4.19. The lowest BCUT2D eigenvalue weighted by atomic mass is 9.64. The van der Waals surface area contributed by atoms with Gasteiger partial charge in [-0.15, -0.1) is 0 Å². The third kappa shape index (κ3) is 3.34. The molecule has 2 saturated heterocycles. The van der Waals surface area contributed by atoms with E-state index in [0.29, 0.717) is 5.92 Å². The molecule has 2 fully saturated rings. The molecule has 31 heavy (non-hydrogen) atoms. The van der Waals surface area contributed by atoms with E-state index in [1.165, 1.54) is 11.9 Å². The monoisotopic (exact) mass is 424 g/mol. The molecule has 1 aromatic heterocycles. The number of hydrogen-bond donors (Lipinski definition) is 0. The van der Waals surface area contributed by atoms with Gasteiger partial charge in [-0.05, 0) is 58.4 Å². The predicted molar refractivity (Wildman–Crippen MR) is 116 cm³/mol. The lowest BCUT2D eigenvalue weighted by Gasteiger charge is -2.54. The SMILES string of the molecule is CC1(C)Oc2ccccc2[C@H]2OCC3(CCN(C(=O)C(C)(C)n4cncn4)CC3)C[C@@H]21. The zero-order chi connectivity index (χ0) is 21.9. The van der Waals surface area contributed by atoms with Crippen LogP contribution in [0.3, 0.4) is 0 Å². The number of rotatable bonds is 2. The molecule has 0 saturated carbocycles. The predicted octanol–water partition coefficient (Wildman–Crippen LogP) is 3.57. The minimum Gasteiger partial charge on any atom is -0.487 e. The highest BCUT2D eigenvalue weighted by Gasteiger charge is 2.53. The Hall–Kier alpha value is -2.41. The van der Waals surface area contributed by atoms with Crippen LogP contribution in [0.1, 0.15) is 58.6 Å². The van der Waals surface area contributed by atoms with Crippen molar-refractivity contribution < 1.29 is 14.3 Å². The Kier molecular flexibility index (Phi) is 4.66. The topological polar surface area (TPSA) is 69.5 Å². The summed E-state index contributed by atoms with van der Waals surface area (Å²) in [5.74, 6) is 1.34. The van der Waals surface area contributed by atoms with Crippen LogP contribution in [-0.4, -0.2) is 50.9 Å². The second-order valence-corrected chi connectivity index (χ2v) is 10.5. The Balaban J connectivity index is 1.30. The van der Waals surface area contributed by atoms with Gasteiger partial charge >= 0.3 is 0 Å². The van der Waals surface area contributed by atoms with Gasteiger partial charge in [-0.1, -0.05) is 18.2 Å². The van der Waals surface area contributed by atoms with Gasteiger partial charge in [0.2, 0.25) is 5.91 Å². The minimum absolute atomic E-state index is 0.0801. The number of likely N-dealkylation sites (tertiary alicyclic amines) is 1. The first-order valence-electron chi connectivity index (χ1n) is 11.3. The summed E-state index contributed by atoms with van der Waals surface area (Å²) in [4.78, 5) is 19.2. The number of piperidine rings is 1. The normalized spacial score (nSPS) is 26.6. The number of aromatic nitrogens is 3. The molecule has 0 radical (unpaired) electrons. The molecule has 0 bridgehead atoms. The average Bonchev–Trinajstić information content (AvgIpc) is 3.30. The molecule has 3 aliphatic heterocycles. The maximum Gasteiger partial charge on any atom is 0.250 e. The van der Waals surface area contributed by atoms with Gasteiger partial charge in [-0.2, -0.15) is 5.10 Å². The van der Waals surface area contributed by atoms with Crippen molar-refractivity contribution in [1.29, 1.82) is 0 Å². The Bertz CT molecular complexity index is 961. The highest BCUT2D eigenvalue weighted by atomic mass is 16.5. The van der Waals surface area contributed by atoms with Crippen molar-refractivity contribution in [3.05, 3.63) is 42.5 Å². The van der Waals surface area contributed by atoms with E-state index in [9.17, 15) is 4.79 Å². The molecule has 2 atom stereocenters. The summed E-state index contributed by atoms with van der Waals surface area (Å²) in [6.45, 7) is 10.4. The molecule has 4 heterocycles. The Labute approximate surface area is 183 Å². The number of ether oxygens (including phenoxy) is 2. The van der Waals surface area contributed by atoms with E-state index >= 15 is 0 Å². The van der Waals surface area contributed by atoms with Crippen molar-refractivity contribution in [2.45, 2.75) is 64.2 Å². The second kappa shape index (κ2) is 7.05. The highest BCUT2D eigenvalue weighted by Crippen LogP contribution is 2.55. The number of carbonyl (C=O) groups excluding carboxylic acids is 1. The van der Waals surface area contributed by atoms with Crippen molar-refractivity contribution in [3.8, 4) is 5.75 Å². The van der Waals surface area contributed by atoms with Gasteiger partial charge in [0, 0.05) is 24.6 Å². The Morgan fingerprint density at radius 2 is 1.94 bits per heavy atom. The van der Waals surface area contributed by atoms with E-state index in [1.807, 2.05) is 30.9 Å². The van der Waals surface area contributed by atoms with Gasteiger partial charge in [-0.25, -0.2) is 9.67 Å². The molecule has 0 N–H and O–H groups in total. The Morgan fingerprint density at radius 3 is 2.65 bits per heavy atom. The number of benzene rings is 1. The standard InChI is InChI=1S/C24H32N4O3/c1-22(2,28-16-25-15-26-28)21(29)27-11-9-24(10-12-27)13-18-20(30-14-24)17-7-5-6-8-19(17)31-23(18,3)4/h5-8,15-16,18,20H,9-14H2,1-4H3/t18-,20+/m0/s1. The second-order valence-electron chi connectivity index (χ2n) is 10.5. The maximum absolute atomic E-state index is 13.2. The molecule has 1 spiro atoms. The van der Waals surface area contributed by atoms with E-state index < -0.39 is 5.54 Å². The van der Waals surface area contributed by atoms with Crippen LogP contribution in [0.2, 0.25) is 0 Å². The fourth-order valence-electron chi connectivity index (χ4n) is 5.61. The van der Waals surface area contributed by atoms with Gasteiger partial charge in [-0.3, -0.25) is 4.79 Å². The van der Waals surface area contributed by atoms with Crippen molar-refractivity contribution >= 4 is 5.91 Å². The molecule has 5 rings (SSSR count). The zero-order valence-corrected chi connectivity index (χ0v) is 18.9. The molecule has 3 aliphatic rings. The molecule has 1 amide bonds. The lowest BCUT2D eigenvalue weighted by Crippen LogP contribution is -2.56. The summed E-state index contributed by atoms with van der Waals surface area (Å²) in [5.41, 5.74) is 0.248. The van der Waals surface area contributed by atoms with Crippen molar-refractivity contribution in [1.82, 2.24) is 19.7 Å². The number of para-hydroxylation sites is 1. The number of fused-ring (bicyclic) bond motifs is 3. The summed E-state index contributed by atoms with van der Waals surface area (Å²) in [7, 11) is 0. The molecule has 0 unspecified atom stereocenters. The van der Waals surface area contributed by atoms with Crippen LogP contribution in [0.5, 0.6) is 5.75 Å². The number of carbonyl (C=O) groups is 1. The van der Waals surface area contributed by atoms with Crippen molar-refractivity contribution in [3.63, 3.8) is 0 Å². The molecule has 2 aromatic rings. The first-order valence-corrected chi connectivity index (χ1v) is 11.3. The van der Waals surface area contributed by atoms with Crippen LogP contribution in [0.4, 0.5) is 0 Å². The van der Waals surface area contributed by atoms with Crippen molar-refractivity contribution in [2.24, 2.45) is 11.3 Å². The van der Waals surface area contributed by atoms with Crippen LogP contribution < -0.4 is 4.74 Å². The summed E-state index contributed by atoms with van der Waals surface area (Å²) in [6.07, 6.45) is 6.13. The first kappa shape index (κ1) is 20.5. The van der Waals surface area contributed by atoms with Gasteiger partial charge < -0.3 is 14.4 Å². The smallest absolute Gasteiger partial charge is 0.250 e. The fourth-order valence-corrected chi connectivity index (χ4v) is 5.61. The van der Waals surface area contributed by atoms with Crippen LogP contribution in [-0.2, 0) is 15.1 Å². The third-order valence-electron chi connectivity index (χ3n) is 7.71. The van der Waals surface area contributed by atoms with Gasteiger partial charge in [0.05, 0.1) is 12.7 Å². The largest absolute Gasteiger partial charge is 0.487 e. The zero-order valence-electron chi connectivity index (χ0n) is 18.9. The summed E-state index contributed by atoms with van der Waals surface area (Å²) >= 11 is 0. The van der Waals surface area contributed by atoms with Crippen LogP contribution in [0.25, 0.3) is 0 Å². The maximum atomic E-state index is 13.2. The first-order chi connectivity index (χ1) is 14.7. The Morgan fingerprint density at radius 1 is 1.19 bits per heavy atom. The van der Waals surface area contributed by atoms with E-state index in [0.717, 1.165) is 44.7 Å². The van der Waals surface area contributed by atoms with Gasteiger partial charge in [0.15, 0.2) is 0 Å². The molecular formula is C24H32N4O3. The molecule has 0 aliphatic carbocycles. The van der Waals surface area contributed by atoms with Crippen LogP contribution in [0, 0.1) is 11.3 Å². The molecule has 7 heteroatoms. The minimum atomic E-state index is -0.738. The van der Waals surface area contributed by atoms with Crippen LogP contribution >= 0.6 is 0 Å². The van der Waals surface area contributed by atoms with Crippen LogP contribution in [0.15, 0.2) is 36.9 Å². The third-order valence-corrected chi connectivity index (χ3v) is 7.71. The van der Waals surface area contributed by atoms with Gasteiger partial charge in [0.25, 0.3) is 0 Å². The number of nitrogens with zero attached hydrogens (tertiary/aromatic N) is 4. The average molecular weight is 425 g/mol. The van der Waals surface area contributed by atoms with E-state index in [2.05, 4.69) is 36.1 Å². The van der Waals surface area contributed by atoms with Crippen molar-refractivity contribution in [2.75, 3.05) is 19.7 Å². The fraction of sp³-hybridized carbons (Fsp3) is 0.625.